The van der Waals surface area contributed by atoms with E-state index >= 15 is 0 Å². The molecule has 0 bridgehead atoms. The van der Waals surface area contributed by atoms with Gasteiger partial charge in [0.1, 0.15) is 23.8 Å². The highest BCUT2D eigenvalue weighted by molar-refractivity contribution is 5.97. The SMILES string of the molecule is COc1ccc(F)cc1C(O)Cn1cc(/C(C)=N/OC(C)C)c(=O)n(C[C@@H](NC(=O)C(C)C)C(C)C)c1=O. The molecule has 2 N–H and O–H groups in total. The molecule has 2 rings (SSSR count). The monoisotopic (exact) mass is 534 g/mol. The number of aliphatic hydroxyl groups is 1. The summed E-state index contributed by atoms with van der Waals surface area (Å²) >= 11 is 0. The van der Waals surface area contributed by atoms with E-state index in [1.54, 1.807) is 34.6 Å². The average Bonchev–Trinajstić information content (AvgIpc) is 2.85. The van der Waals surface area contributed by atoms with E-state index in [1.807, 2.05) is 13.8 Å². The molecular weight excluding hydrogens is 495 g/mol. The number of carbonyl (C=O) groups is 1. The number of nitrogens with zero attached hydrogens (tertiary/aromatic N) is 3. The molecule has 2 atom stereocenters. The number of benzene rings is 1. The maximum atomic E-state index is 13.9. The summed E-state index contributed by atoms with van der Waals surface area (Å²) in [4.78, 5) is 44.7. The highest BCUT2D eigenvalue weighted by atomic mass is 19.1. The van der Waals surface area contributed by atoms with Crippen LogP contribution in [0, 0.1) is 17.7 Å². The third-order valence-electron chi connectivity index (χ3n) is 5.98. The first kappa shape index (κ1) is 30.8. The lowest BCUT2D eigenvalue weighted by molar-refractivity contribution is -0.125. The Labute approximate surface area is 222 Å². The predicted molar refractivity (Wildman–Crippen MR) is 143 cm³/mol. The van der Waals surface area contributed by atoms with Crippen LogP contribution in [0.25, 0.3) is 0 Å². The minimum absolute atomic E-state index is 0.0846. The molecule has 0 aliphatic carbocycles. The number of rotatable bonds is 12. The summed E-state index contributed by atoms with van der Waals surface area (Å²) in [7, 11) is 1.39. The van der Waals surface area contributed by atoms with E-state index < -0.39 is 29.2 Å². The molecule has 1 heterocycles. The summed E-state index contributed by atoms with van der Waals surface area (Å²) in [5.74, 6) is -0.908. The van der Waals surface area contributed by atoms with E-state index in [2.05, 4.69) is 10.5 Å². The number of nitrogens with one attached hydrogen (secondary N) is 1. The quantitative estimate of drug-likeness (QED) is 0.319. The van der Waals surface area contributed by atoms with Gasteiger partial charge in [-0.05, 0) is 44.9 Å². The largest absolute Gasteiger partial charge is 0.496 e. The van der Waals surface area contributed by atoms with Crippen LogP contribution in [0.5, 0.6) is 5.75 Å². The van der Waals surface area contributed by atoms with Gasteiger partial charge in [0, 0.05) is 23.7 Å². The van der Waals surface area contributed by atoms with Gasteiger partial charge in [-0.2, -0.15) is 0 Å². The van der Waals surface area contributed by atoms with Gasteiger partial charge in [0.25, 0.3) is 5.56 Å². The van der Waals surface area contributed by atoms with Gasteiger partial charge in [0.05, 0.1) is 31.5 Å². The Morgan fingerprint density at radius 2 is 1.79 bits per heavy atom. The van der Waals surface area contributed by atoms with Gasteiger partial charge in [0.2, 0.25) is 5.91 Å². The second-order valence-corrected chi connectivity index (χ2v) is 10.1. The van der Waals surface area contributed by atoms with Crippen molar-refractivity contribution in [3.05, 3.63) is 62.2 Å². The van der Waals surface area contributed by atoms with Gasteiger partial charge in [-0.1, -0.05) is 32.9 Å². The molecule has 0 saturated carbocycles. The van der Waals surface area contributed by atoms with Crippen molar-refractivity contribution in [2.45, 2.75) is 79.8 Å². The maximum absolute atomic E-state index is 13.9. The molecule has 1 unspecified atom stereocenters. The number of carbonyl (C=O) groups excluding carboxylic acids is 1. The van der Waals surface area contributed by atoms with Crippen LogP contribution in [0.4, 0.5) is 4.39 Å². The smallest absolute Gasteiger partial charge is 0.331 e. The second-order valence-electron chi connectivity index (χ2n) is 10.1. The molecule has 1 aromatic carbocycles. The number of methoxy groups -OCH3 is 1. The Morgan fingerprint density at radius 1 is 1.13 bits per heavy atom. The van der Waals surface area contributed by atoms with Crippen LogP contribution in [-0.4, -0.2) is 45.1 Å². The average molecular weight is 535 g/mol. The molecule has 0 spiro atoms. The molecule has 1 amide bonds. The fourth-order valence-electron chi connectivity index (χ4n) is 3.65. The second kappa shape index (κ2) is 13.4. The van der Waals surface area contributed by atoms with Crippen LogP contribution in [-0.2, 0) is 22.7 Å². The minimum atomic E-state index is -1.33. The topological polar surface area (TPSA) is 124 Å². The summed E-state index contributed by atoms with van der Waals surface area (Å²) in [6.45, 7) is 12.0. The van der Waals surface area contributed by atoms with E-state index in [0.717, 1.165) is 10.6 Å². The number of amides is 1. The van der Waals surface area contributed by atoms with E-state index in [4.69, 9.17) is 9.57 Å². The lowest BCUT2D eigenvalue weighted by Gasteiger charge is -2.25. The van der Waals surface area contributed by atoms with Crippen molar-refractivity contribution in [3.8, 4) is 5.75 Å². The Bertz CT molecular complexity index is 1270. The summed E-state index contributed by atoms with van der Waals surface area (Å²) in [5, 5.41) is 17.9. The van der Waals surface area contributed by atoms with Crippen molar-refractivity contribution in [2.24, 2.45) is 17.0 Å². The van der Waals surface area contributed by atoms with Crippen LogP contribution in [0.3, 0.4) is 0 Å². The van der Waals surface area contributed by atoms with Crippen molar-refractivity contribution >= 4 is 11.6 Å². The highest BCUT2D eigenvalue weighted by Gasteiger charge is 2.24. The van der Waals surface area contributed by atoms with Crippen LogP contribution >= 0.6 is 0 Å². The Balaban J connectivity index is 2.64. The molecule has 210 valence electrons. The predicted octanol–water partition coefficient (Wildman–Crippen LogP) is 2.84. The lowest BCUT2D eigenvalue weighted by atomic mass is 10.0. The fourth-order valence-corrected chi connectivity index (χ4v) is 3.65. The number of oxime groups is 1. The van der Waals surface area contributed by atoms with Crippen molar-refractivity contribution in [2.75, 3.05) is 7.11 Å². The van der Waals surface area contributed by atoms with E-state index in [-0.39, 0.29) is 59.5 Å². The standard InChI is InChI=1S/C27H39FN4O6/c1-15(2)22(29-25(34)16(3)4)13-32-26(35)21(18(7)30-38-17(5)6)12-31(27(32)36)14-23(33)20-11-19(28)9-10-24(20)37-8/h9-12,15-17,22-23,33H,13-14H2,1-8H3,(H,29,34)/b30-18+/t22-,23?/m1/s1. The van der Waals surface area contributed by atoms with Gasteiger partial charge in [-0.3, -0.25) is 18.7 Å². The molecular formula is C27H39FN4O6. The summed E-state index contributed by atoms with van der Waals surface area (Å²) in [6.07, 6.45) is -0.268. The van der Waals surface area contributed by atoms with Gasteiger partial charge in [-0.15, -0.1) is 0 Å². The normalized spacial score (nSPS) is 13.7. The number of halogens is 1. The summed E-state index contributed by atoms with van der Waals surface area (Å²) < 4.78 is 21.4. The van der Waals surface area contributed by atoms with Crippen molar-refractivity contribution in [3.63, 3.8) is 0 Å². The van der Waals surface area contributed by atoms with Gasteiger partial charge >= 0.3 is 5.69 Å². The number of hydrogen-bond donors (Lipinski definition) is 2. The molecule has 38 heavy (non-hydrogen) atoms. The minimum Gasteiger partial charge on any atom is -0.496 e. The zero-order valence-corrected chi connectivity index (χ0v) is 23.3. The third kappa shape index (κ3) is 7.77. The highest BCUT2D eigenvalue weighted by Crippen LogP contribution is 2.27. The first-order valence-electron chi connectivity index (χ1n) is 12.6. The molecule has 10 nitrogen and oxygen atoms in total. The zero-order chi connectivity index (χ0) is 28.7. The number of ether oxygens (including phenoxy) is 1. The molecule has 2 aromatic rings. The Hall–Kier alpha value is -3.47. The molecule has 0 aliphatic rings. The Morgan fingerprint density at radius 3 is 2.34 bits per heavy atom. The maximum Gasteiger partial charge on any atom is 0.331 e. The number of aromatic nitrogens is 2. The van der Waals surface area contributed by atoms with Crippen LogP contribution in [0.2, 0.25) is 0 Å². The summed E-state index contributed by atoms with van der Waals surface area (Å²) in [5.41, 5.74) is -0.841. The van der Waals surface area contributed by atoms with Crippen LogP contribution in [0.15, 0.2) is 39.1 Å². The van der Waals surface area contributed by atoms with E-state index in [9.17, 15) is 23.9 Å². The fraction of sp³-hybridized carbons (Fsp3) is 0.556. The molecule has 1 aromatic heterocycles. The number of aliphatic hydroxyl groups excluding tert-OH is 1. The van der Waals surface area contributed by atoms with Crippen molar-refractivity contribution in [1.82, 2.24) is 14.5 Å². The van der Waals surface area contributed by atoms with Gasteiger partial charge < -0.3 is 20.0 Å². The molecule has 11 heteroatoms. The molecule has 0 aliphatic heterocycles. The van der Waals surface area contributed by atoms with Crippen molar-refractivity contribution < 1.29 is 23.9 Å². The molecule has 0 saturated heterocycles. The van der Waals surface area contributed by atoms with Gasteiger partial charge in [0.15, 0.2) is 0 Å². The van der Waals surface area contributed by atoms with E-state index in [1.165, 1.54) is 30.0 Å². The first-order chi connectivity index (χ1) is 17.8. The van der Waals surface area contributed by atoms with Crippen LogP contribution in [0.1, 0.15) is 65.7 Å². The number of hydrogen-bond acceptors (Lipinski definition) is 7. The first-order valence-corrected chi connectivity index (χ1v) is 12.6. The summed E-state index contributed by atoms with van der Waals surface area (Å²) in [6, 6.07) is 3.20. The third-order valence-corrected chi connectivity index (χ3v) is 5.98. The lowest BCUT2D eigenvalue weighted by Crippen LogP contribution is -2.50. The molecule has 0 radical (unpaired) electrons. The zero-order valence-electron chi connectivity index (χ0n) is 23.3. The van der Waals surface area contributed by atoms with Gasteiger partial charge in [-0.25, -0.2) is 9.18 Å². The van der Waals surface area contributed by atoms with E-state index in [0.29, 0.717) is 0 Å². The Kier molecular flexibility index (Phi) is 10.8. The molecule has 0 fully saturated rings. The van der Waals surface area contributed by atoms with Crippen molar-refractivity contribution in [1.29, 1.82) is 0 Å². The van der Waals surface area contributed by atoms with Crippen LogP contribution < -0.4 is 21.3 Å².